The van der Waals surface area contributed by atoms with Gasteiger partial charge < -0.3 is 5.32 Å². The summed E-state index contributed by atoms with van der Waals surface area (Å²) in [5.41, 5.74) is 2.96. The highest BCUT2D eigenvalue weighted by atomic mass is 32.2. The molecule has 1 heterocycles. The summed E-state index contributed by atoms with van der Waals surface area (Å²) in [5, 5.41) is 4.97. The van der Waals surface area contributed by atoms with Crippen molar-refractivity contribution < 1.29 is 13.2 Å². The van der Waals surface area contributed by atoms with Gasteiger partial charge in [0.2, 0.25) is 15.9 Å². The molecular weight excluding hydrogens is 408 g/mol. The molecule has 1 amide bonds. The van der Waals surface area contributed by atoms with Crippen molar-refractivity contribution in [1.82, 2.24) is 4.31 Å². The summed E-state index contributed by atoms with van der Waals surface area (Å²) in [6.45, 7) is 4.67. The molecule has 4 rings (SSSR count). The van der Waals surface area contributed by atoms with E-state index in [2.05, 4.69) is 12.2 Å². The number of anilines is 1. The Kier molecular flexibility index (Phi) is 6.12. The summed E-state index contributed by atoms with van der Waals surface area (Å²) < 4.78 is 28.1. The Bertz CT molecular complexity index is 1220. The van der Waals surface area contributed by atoms with Crippen molar-refractivity contribution >= 4 is 32.4 Å². The molecule has 162 valence electrons. The third kappa shape index (κ3) is 4.36. The van der Waals surface area contributed by atoms with Gasteiger partial charge in [-0.2, -0.15) is 4.31 Å². The zero-order valence-corrected chi connectivity index (χ0v) is 18.8. The number of hydrogen-bond acceptors (Lipinski definition) is 3. The summed E-state index contributed by atoms with van der Waals surface area (Å²) in [6, 6.07) is 18.9. The molecule has 1 atom stereocenters. The van der Waals surface area contributed by atoms with E-state index < -0.39 is 10.0 Å². The van der Waals surface area contributed by atoms with Crippen molar-refractivity contribution in [1.29, 1.82) is 0 Å². The number of sulfonamides is 1. The maximum absolute atomic E-state index is 13.3. The normalized spacial score (nSPS) is 17.5. The van der Waals surface area contributed by atoms with Crippen LogP contribution in [0.2, 0.25) is 0 Å². The quantitative estimate of drug-likeness (QED) is 0.628. The molecule has 0 bridgehead atoms. The average molecular weight is 437 g/mol. The zero-order chi connectivity index (χ0) is 22.0. The Morgan fingerprint density at radius 1 is 1.06 bits per heavy atom. The van der Waals surface area contributed by atoms with Crippen LogP contribution in [0.4, 0.5) is 5.69 Å². The van der Waals surface area contributed by atoms with Gasteiger partial charge in [0.25, 0.3) is 0 Å². The lowest BCUT2D eigenvalue weighted by molar-refractivity contribution is -0.120. The second-order valence-corrected chi connectivity index (χ2v) is 10.1. The highest BCUT2D eigenvalue weighted by Gasteiger charge is 2.33. The third-order valence-corrected chi connectivity index (χ3v) is 7.96. The van der Waals surface area contributed by atoms with Gasteiger partial charge in [-0.3, -0.25) is 4.79 Å². The fourth-order valence-electron chi connectivity index (χ4n) is 4.28. The zero-order valence-electron chi connectivity index (χ0n) is 18.0. The highest BCUT2D eigenvalue weighted by Crippen LogP contribution is 2.28. The molecule has 6 heteroatoms. The van der Waals surface area contributed by atoms with E-state index in [1.54, 1.807) is 12.1 Å². The molecule has 1 aliphatic rings. The number of aryl methyl sites for hydroxylation is 2. The first-order valence-corrected chi connectivity index (χ1v) is 12.2. The molecule has 31 heavy (non-hydrogen) atoms. The maximum Gasteiger partial charge on any atom is 0.243 e. The number of carbonyl (C=O) groups excluding carboxylic acids is 1. The van der Waals surface area contributed by atoms with Crippen LogP contribution in [0.5, 0.6) is 0 Å². The maximum atomic E-state index is 13.3. The number of nitrogens with one attached hydrogen (secondary N) is 1. The van der Waals surface area contributed by atoms with Crippen LogP contribution in [0, 0.1) is 12.8 Å². The predicted molar refractivity (Wildman–Crippen MR) is 125 cm³/mol. The fourth-order valence-corrected chi connectivity index (χ4v) is 5.84. The van der Waals surface area contributed by atoms with E-state index in [-0.39, 0.29) is 23.3 Å². The van der Waals surface area contributed by atoms with Crippen molar-refractivity contribution in [2.75, 3.05) is 18.4 Å². The first-order chi connectivity index (χ1) is 14.9. The molecule has 0 aromatic heterocycles. The molecular formula is C25H28N2O3S. The molecule has 0 radical (unpaired) electrons. The summed E-state index contributed by atoms with van der Waals surface area (Å²) in [7, 11) is -3.66. The van der Waals surface area contributed by atoms with Crippen LogP contribution in [0.1, 0.15) is 30.9 Å². The Hall–Kier alpha value is -2.70. The number of amides is 1. The number of nitrogens with zero attached hydrogens (tertiary/aromatic N) is 1. The van der Waals surface area contributed by atoms with Gasteiger partial charge >= 0.3 is 0 Å². The van der Waals surface area contributed by atoms with Crippen molar-refractivity contribution in [3.05, 3.63) is 71.8 Å². The van der Waals surface area contributed by atoms with E-state index in [1.165, 1.54) is 4.31 Å². The van der Waals surface area contributed by atoms with E-state index in [1.807, 2.05) is 55.5 Å². The number of benzene rings is 3. The van der Waals surface area contributed by atoms with Crippen molar-refractivity contribution in [3.8, 4) is 0 Å². The minimum atomic E-state index is -3.66. The molecule has 1 saturated heterocycles. The average Bonchev–Trinajstić information content (AvgIpc) is 2.80. The van der Waals surface area contributed by atoms with Gasteiger partial charge in [-0.05, 0) is 60.2 Å². The molecule has 3 aromatic rings. The fraction of sp³-hybridized carbons (Fsp3) is 0.320. The Morgan fingerprint density at radius 3 is 2.61 bits per heavy atom. The van der Waals surface area contributed by atoms with Gasteiger partial charge in [-0.15, -0.1) is 0 Å². The SMILES string of the molecule is CCc1cccc(C)c1NC(=O)[C@H]1CCCN(S(=O)(=O)c2ccc3ccccc3c2)C1. The van der Waals surface area contributed by atoms with Crippen molar-refractivity contribution in [2.24, 2.45) is 5.92 Å². The van der Waals surface area contributed by atoms with Crippen LogP contribution in [0.3, 0.4) is 0 Å². The molecule has 1 aliphatic heterocycles. The Balaban J connectivity index is 1.54. The first kappa shape index (κ1) is 21.5. The summed E-state index contributed by atoms with van der Waals surface area (Å²) in [6.07, 6.45) is 2.17. The van der Waals surface area contributed by atoms with Crippen LogP contribution in [0.25, 0.3) is 10.8 Å². The highest BCUT2D eigenvalue weighted by molar-refractivity contribution is 7.89. The Labute approximate surface area is 184 Å². The lowest BCUT2D eigenvalue weighted by atomic mass is 9.98. The topological polar surface area (TPSA) is 66.5 Å². The standard InChI is InChI=1S/C25H28N2O3S/c1-3-19-11-6-8-18(2)24(19)26-25(28)22-12-7-15-27(17-22)31(29,30)23-14-13-20-9-4-5-10-21(20)16-23/h4-6,8-11,13-14,16,22H,3,7,12,15,17H2,1-2H3,(H,26,28)/t22-/m0/s1. The monoisotopic (exact) mass is 436 g/mol. The number of carbonyl (C=O) groups is 1. The minimum Gasteiger partial charge on any atom is -0.325 e. The van der Waals surface area contributed by atoms with Gasteiger partial charge in [0.15, 0.2) is 0 Å². The molecule has 0 unspecified atom stereocenters. The largest absolute Gasteiger partial charge is 0.325 e. The molecule has 1 N–H and O–H groups in total. The van der Waals surface area contributed by atoms with Crippen LogP contribution < -0.4 is 5.32 Å². The van der Waals surface area contributed by atoms with E-state index >= 15 is 0 Å². The van der Waals surface area contributed by atoms with E-state index in [0.29, 0.717) is 19.4 Å². The summed E-state index contributed by atoms with van der Waals surface area (Å²) in [4.78, 5) is 13.3. The van der Waals surface area contributed by atoms with Gasteiger partial charge in [0, 0.05) is 18.8 Å². The van der Waals surface area contributed by atoms with Crippen molar-refractivity contribution in [2.45, 2.75) is 38.0 Å². The lowest BCUT2D eigenvalue weighted by Gasteiger charge is -2.31. The number of piperidine rings is 1. The third-order valence-electron chi connectivity index (χ3n) is 6.10. The first-order valence-electron chi connectivity index (χ1n) is 10.8. The summed E-state index contributed by atoms with van der Waals surface area (Å²) >= 11 is 0. The Morgan fingerprint density at radius 2 is 1.84 bits per heavy atom. The van der Waals surface area contributed by atoms with Crippen LogP contribution in [-0.4, -0.2) is 31.7 Å². The van der Waals surface area contributed by atoms with E-state index in [4.69, 9.17) is 0 Å². The second-order valence-electron chi connectivity index (χ2n) is 8.16. The van der Waals surface area contributed by atoms with Crippen molar-refractivity contribution in [3.63, 3.8) is 0 Å². The number of fused-ring (bicyclic) bond motifs is 1. The molecule has 5 nitrogen and oxygen atoms in total. The van der Waals surface area contributed by atoms with Crippen LogP contribution in [-0.2, 0) is 21.2 Å². The lowest BCUT2D eigenvalue weighted by Crippen LogP contribution is -2.43. The smallest absolute Gasteiger partial charge is 0.243 e. The van der Waals surface area contributed by atoms with Crippen LogP contribution in [0.15, 0.2) is 65.6 Å². The molecule has 0 aliphatic carbocycles. The van der Waals surface area contributed by atoms with Crippen LogP contribution >= 0.6 is 0 Å². The molecule has 0 saturated carbocycles. The minimum absolute atomic E-state index is 0.109. The number of rotatable bonds is 5. The predicted octanol–water partition coefficient (Wildman–Crippen LogP) is 4.75. The van der Waals surface area contributed by atoms with Gasteiger partial charge in [0.05, 0.1) is 10.8 Å². The van der Waals surface area contributed by atoms with Gasteiger partial charge in [-0.1, -0.05) is 55.5 Å². The van der Waals surface area contributed by atoms with Gasteiger partial charge in [-0.25, -0.2) is 8.42 Å². The van der Waals surface area contributed by atoms with E-state index in [9.17, 15) is 13.2 Å². The van der Waals surface area contributed by atoms with Gasteiger partial charge in [0.1, 0.15) is 0 Å². The molecule has 0 spiro atoms. The number of para-hydroxylation sites is 1. The summed E-state index contributed by atoms with van der Waals surface area (Å²) in [5.74, 6) is -0.476. The second kappa shape index (κ2) is 8.81. The van der Waals surface area contributed by atoms with E-state index in [0.717, 1.165) is 34.0 Å². The number of hydrogen-bond donors (Lipinski definition) is 1. The molecule has 3 aromatic carbocycles. The molecule has 1 fully saturated rings.